The molecule has 5 nitrogen and oxygen atoms in total. The van der Waals surface area contributed by atoms with Crippen LogP contribution in [-0.4, -0.2) is 53.3 Å². The number of carbonyl (C=O) groups excluding carboxylic acids is 2. The molecule has 0 N–H and O–H groups in total. The highest BCUT2D eigenvalue weighted by atomic mass is 32.2. The molecule has 0 aromatic heterocycles. The summed E-state index contributed by atoms with van der Waals surface area (Å²) in [6, 6.07) is 0. The van der Waals surface area contributed by atoms with Gasteiger partial charge in [-0.15, -0.1) is 0 Å². The van der Waals surface area contributed by atoms with Crippen molar-refractivity contribution in [3.05, 3.63) is 0 Å². The van der Waals surface area contributed by atoms with Crippen molar-refractivity contribution in [1.29, 1.82) is 0 Å². The minimum absolute atomic E-state index is 0.0630. The first-order chi connectivity index (χ1) is 8.28. The third-order valence-corrected chi connectivity index (χ3v) is 3.21. The maximum Gasteiger partial charge on any atom is 0.410 e. The Morgan fingerprint density at radius 1 is 1.44 bits per heavy atom. The molecule has 0 bridgehead atoms. The summed E-state index contributed by atoms with van der Waals surface area (Å²) in [4.78, 5) is 24.4. The lowest BCUT2D eigenvalue weighted by Gasteiger charge is -2.34. The number of hydrogen-bond donors (Lipinski definition) is 0. The maximum atomic E-state index is 11.9. The summed E-state index contributed by atoms with van der Waals surface area (Å²) in [6.07, 6.45) is -0.413. The zero-order valence-corrected chi connectivity index (χ0v) is 12.2. The van der Waals surface area contributed by atoms with Crippen LogP contribution in [0.3, 0.4) is 0 Å². The fraction of sp³-hybridized carbons (Fsp3) is 0.833. The smallest absolute Gasteiger partial charge is 0.410 e. The topological polar surface area (TPSA) is 55.8 Å². The van der Waals surface area contributed by atoms with Gasteiger partial charge in [0.1, 0.15) is 5.60 Å². The van der Waals surface area contributed by atoms with Crippen molar-refractivity contribution < 1.29 is 19.1 Å². The van der Waals surface area contributed by atoms with Crippen LogP contribution in [0, 0.1) is 0 Å². The molecular weight excluding hydrogens is 254 g/mol. The summed E-state index contributed by atoms with van der Waals surface area (Å²) in [5.74, 6) is 0.578. The standard InChI is InChI=1S/C12H21NO4S/c1-9(14)18-8-10-7-13(5-6-16-10)11(15)17-12(2,3)4/h10H,5-8H2,1-4H3/t10-/m0/s1. The Kier molecular flexibility index (Phi) is 5.47. The lowest BCUT2D eigenvalue weighted by atomic mass is 10.2. The lowest BCUT2D eigenvalue weighted by Crippen LogP contribution is -2.48. The van der Waals surface area contributed by atoms with Crippen LogP contribution in [0.1, 0.15) is 27.7 Å². The summed E-state index contributed by atoms with van der Waals surface area (Å²) in [7, 11) is 0. The van der Waals surface area contributed by atoms with Gasteiger partial charge in [-0.25, -0.2) is 4.79 Å². The molecule has 0 aromatic carbocycles. The van der Waals surface area contributed by atoms with Crippen LogP contribution < -0.4 is 0 Å². The molecule has 0 aromatic rings. The zero-order valence-electron chi connectivity index (χ0n) is 11.4. The molecule has 0 unspecified atom stereocenters. The molecular formula is C12H21NO4S. The van der Waals surface area contributed by atoms with E-state index in [2.05, 4.69) is 0 Å². The highest BCUT2D eigenvalue weighted by Crippen LogP contribution is 2.15. The average Bonchev–Trinajstić information content (AvgIpc) is 2.24. The fourth-order valence-electron chi connectivity index (χ4n) is 1.52. The van der Waals surface area contributed by atoms with Gasteiger partial charge < -0.3 is 14.4 Å². The second kappa shape index (κ2) is 6.43. The quantitative estimate of drug-likeness (QED) is 0.770. The third kappa shape index (κ3) is 5.73. The lowest BCUT2D eigenvalue weighted by molar-refractivity contribution is -0.109. The van der Waals surface area contributed by atoms with Crippen molar-refractivity contribution in [2.45, 2.75) is 39.4 Å². The van der Waals surface area contributed by atoms with Gasteiger partial charge in [-0.05, 0) is 20.8 Å². The van der Waals surface area contributed by atoms with E-state index in [0.717, 1.165) is 0 Å². The number of carbonyl (C=O) groups is 2. The first-order valence-electron chi connectivity index (χ1n) is 6.01. The van der Waals surface area contributed by atoms with Crippen molar-refractivity contribution in [3.8, 4) is 0 Å². The van der Waals surface area contributed by atoms with E-state index in [1.807, 2.05) is 20.8 Å². The van der Waals surface area contributed by atoms with E-state index < -0.39 is 5.60 Å². The molecule has 1 atom stereocenters. The van der Waals surface area contributed by atoms with Gasteiger partial charge in [0.15, 0.2) is 5.12 Å². The number of hydrogen-bond acceptors (Lipinski definition) is 5. The highest BCUT2D eigenvalue weighted by molar-refractivity contribution is 8.13. The van der Waals surface area contributed by atoms with E-state index >= 15 is 0 Å². The summed E-state index contributed by atoms with van der Waals surface area (Å²) in [5.41, 5.74) is -0.487. The molecule has 1 rings (SSSR count). The van der Waals surface area contributed by atoms with Crippen molar-refractivity contribution >= 4 is 23.0 Å². The molecule has 18 heavy (non-hydrogen) atoms. The van der Waals surface area contributed by atoms with Crippen LogP contribution in [-0.2, 0) is 14.3 Å². The van der Waals surface area contributed by atoms with Crippen molar-refractivity contribution in [3.63, 3.8) is 0 Å². The van der Waals surface area contributed by atoms with Crippen LogP contribution in [0.4, 0.5) is 4.79 Å². The van der Waals surface area contributed by atoms with Crippen LogP contribution >= 0.6 is 11.8 Å². The molecule has 6 heteroatoms. The Balaban J connectivity index is 2.43. The second-order valence-electron chi connectivity index (χ2n) is 5.22. The maximum absolute atomic E-state index is 11.9. The van der Waals surface area contributed by atoms with E-state index in [9.17, 15) is 9.59 Å². The predicted octanol–water partition coefficient (Wildman–Crippen LogP) is 1.90. The molecule has 0 spiro atoms. The normalized spacial score (nSPS) is 20.7. The molecule has 0 radical (unpaired) electrons. The Labute approximate surface area is 112 Å². The number of amides is 1. The van der Waals surface area contributed by atoms with Crippen LogP contribution in [0.2, 0.25) is 0 Å². The summed E-state index contributed by atoms with van der Waals surface area (Å²) >= 11 is 1.22. The van der Waals surface area contributed by atoms with Gasteiger partial charge in [0, 0.05) is 19.2 Å². The Hall–Kier alpha value is -0.750. The fourth-order valence-corrected chi connectivity index (χ4v) is 2.15. The Bertz CT molecular complexity index is 314. The number of nitrogens with zero attached hydrogens (tertiary/aromatic N) is 1. The Morgan fingerprint density at radius 3 is 2.67 bits per heavy atom. The molecule has 1 aliphatic heterocycles. The van der Waals surface area contributed by atoms with Gasteiger partial charge >= 0.3 is 6.09 Å². The highest BCUT2D eigenvalue weighted by Gasteiger charge is 2.28. The van der Waals surface area contributed by atoms with Crippen LogP contribution in [0.25, 0.3) is 0 Å². The number of thioether (sulfide) groups is 1. The SMILES string of the molecule is CC(=O)SC[C@@H]1CN(C(=O)OC(C)(C)C)CCO1. The summed E-state index contributed by atoms with van der Waals surface area (Å²) < 4.78 is 10.8. The van der Waals surface area contributed by atoms with Crippen molar-refractivity contribution in [2.24, 2.45) is 0 Å². The summed E-state index contributed by atoms with van der Waals surface area (Å²) in [6.45, 7) is 8.56. The minimum Gasteiger partial charge on any atom is -0.444 e. The summed E-state index contributed by atoms with van der Waals surface area (Å²) in [5, 5.41) is 0.0630. The van der Waals surface area contributed by atoms with Crippen LogP contribution in [0.15, 0.2) is 0 Å². The van der Waals surface area contributed by atoms with Gasteiger partial charge in [0.25, 0.3) is 0 Å². The number of ether oxygens (including phenoxy) is 2. The molecule has 1 heterocycles. The average molecular weight is 275 g/mol. The van der Waals surface area contributed by atoms with Crippen molar-refractivity contribution in [1.82, 2.24) is 4.90 Å². The molecule has 0 aliphatic carbocycles. The number of rotatable bonds is 2. The molecule has 0 saturated carbocycles. The number of morpholine rings is 1. The van der Waals surface area contributed by atoms with Gasteiger partial charge in [0.2, 0.25) is 0 Å². The molecule has 104 valence electrons. The van der Waals surface area contributed by atoms with E-state index in [4.69, 9.17) is 9.47 Å². The second-order valence-corrected chi connectivity index (χ2v) is 6.42. The largest absolute Gasteiger partial charge is 0.444 e. The zero-order chi connectivity index (χ0) is 13.8. The van der Waals surface area contributed by atoms with Gasteiger partial charge in [-0.2, -0.15) is 0 Å². The van der Waals surface area contributed by atoms with Crippen molar-refractivity contribution in [2.75, 3.05) is 25.4 Å². The first-order valence-corrected chi connectivity index (χ1v) is 6.99. The van der Waals surface area contributed by atoms with Gasteiger partial charge in [-0.1, -0.05) is 11.8 Å². The molecule has 1 amide bonds. The van der Waals surface area contributed by atoms with Crippen LogP contribution in [0.5, 0.6) is 0 Å². The predicted molar refractivity (Wildman–Crippen MR) is 70.7 cm³/mol. The molecule has 1 fully saturated rings. The monoisotopic (exact) mass is 275 g/mol. The van der Waals surface area contributed by atoms with E-state index in [1.54, 1.807) is 4.90 Å². The Morgan fingerprint density at radius 2 is 2.11 bits per heavy atom. The third-order valence-electron chi connectivity index (χ3n) is 2.26. The van der Waals surface area contributed by atoms with Gasteiger partial charge in [-0.3, -0.25) is 4.79 Å². The van der Waals surface area contributed by atoms with E-state index in [-0.39, 0.29) is 17.3 Å². The minimum atomic E-state index is -0.487. The first kappa shape index (κ1) is 15.3. The van der Waals surface area contributed by atoms with Gasteiger partial charge in [0.05, 0.1) is 19.3 Å². The molecule has 1 aliphatic rings. The molecule has 1 saturated heterocycles. The van der Waals surface area contributed by atoms with E-state index in [0.29, 0.717) is 25.4 Å². The van der Waals surface area contributed by atoms with E-state index in [1.165, 1.54) is 18.7 Å².